The zero-order valence-corrected chi connectivity index (χ0v) is 17.2. The number of hydrogen-bond donors (Lipinski definition) is 1. The van der Waals surface area contributed by atoms with E-state index in [-0.39, 0.29) is 24.9 Å². The summed E-state index contributed by atoms with van der Waals surface area (Å²) in [7, 11) is 0. The second kappa shape index (κ2) is 8.11. The van der Waals surface area contributed by atoms with Gasteiger partial charge in [-0.2, -0.15) is 0 Å². The second-order valence-electron chi connectivity index (χ2n) is 7.61. The smallest absolute Gasteiger partial charge is 0.278 e. The Morgan fingerprint density at radius 2 is 1.53 bits per heavy atom. The topological polar surface area (TPSA) is 78.9 Å². The first-order chi connectivity index (χ1) is 15.6. The lowest BCUT2D eigenvalue weighted by atomic mass is 9.98. The van der Waals surface area contributed by atoms with Crippen molar-refractivity contribution in [1.82, 2.24) is 9.58 Å². The highest BCUT2D eigenvalue weighted by Crippen LogP contribution is 2.32. The molecule has 0 atom stereocenters. The number of aromatic hydroxyl groups is 1. The number of benzene rings is 2. The Labute approximate surface area is 184 Å². The molecule has 32 heavy (non-hydrogen) atoms. The van der Waals surface area contributed by atoms with Gasteiger partial charge in [-0.1, -0.05) is 60.7 Å². The highest BCUT2D eigenvalue weighted by Gasteiger charge is 2.36. The molecule has 0 bridgehead atoms. The Balaban J connectivity index is 1.68. The lowest BCUT2D eigenvalue weighted by Gasteiger charge is -2.43. The van der Waals surface area contributed by atoms with Gasteiger partial charge in [-0.25, -0.2) is 0 Å². The molecule has 5 rings (SSSR count). The summed E-state index contributed by atoms with van der Waals surface area (Å²) < 4.78 is 7.03. The SMILES string of the molecule is O=C1c2c(O)c(=O)ccn2N(C(c2ccccc2)c2ccccc2)CN1Cc1ccco1. The largest absolute Gasteiger partial charge is 0.502 e. The highest BCUT2D eigenvalue weighted by molar-refractivity contribution is 5.96. The number of rotatable bonds is 5. The number of amides is 1. The summed E-state index contributed by atoms with van der Waals surface area (Å²) in [5.74, 6) is -0.389. The molecule has 160 valence electrons. The van der Waals surface area contributed by atoms with Gasteiger partial charge >= 0.3 is 0 Å². The van der Waals surface area contributed by atoms with Gasteiger partial charge in [0.2, 0.25) is 5.43 Å². The lowest BCUT2D eigenvalue weighted by molar-refractivity contribution is 0.0651. The van der Waals surface area contributed by atoms with Gasteiger partial charge < -0.3 is 14.4 Å². The molecule has 7 nitrogen and oxygen atoms in total. The molecule has 2 aromatic carbocycles. The molecule has 0 saturated carbocycles. The third kappa shape index (κ3) is 3.43. The number of nitrogens with zero attached hydrogens (tertiary/aromatic N) is 3. The third-order valence-electron chi connectivity index (χ3n) is 5.59. The van der Waals surface area contributed by atoms with Crippen LogP contribution in [0, 0.1) is 0 Å². The van der Waals surface area contributed by atoms with Gasteiger partial charge in [0.25, 0.3) is 5.91 Å². The molecule has 0 saturated heterocycles. The number of fused-ring (bicyclic) bond motifs is 1. The Kier molecular flexibility index (Phi) is 4.99. The van der Waals surface area contributed by atoms with E-state index < -0.39 is 17.1 Å². The van der Waals surface area contributed by atoms with Crippen molar-refractivity contribution in [3.63, 3.8) is 0 Å². The Bertz CT molecular complexity index is 1240. The number of carbonyl (C=O) groups excluding carboxylic acids is 1. The fourth-order valence-corrected chi connectivity index (χ4v) is 4.11. The number of hydrogen-bond acceptors (Lipinski definition) is 5. The van der Waals surface area contributed by atoms with Crippen LogP contribution in [0.1, 0.15) is 33.4 Å². The average molecular weight is 427 g/mol. The van der Waals surface area contributed by atoms with E-state index in [0.717, 1.165) is 11.1 Å². The monoisotopic (exact) mass is 427 g/mol. The number of aromatic nitrogens is 1. The van der Waals surface area contributed by atoms with Crippen molar-refractivity contribution >= 4 is 5.91 Å². The number of pyridine rings is 1. The average Bonchev–Trinajstić information content (AvgIpc) is 3.33. The van der Waals surface area contributed by atoms with Crippen LogP contribution in [0.3, 0.4) is 0 Å². The van der Waals surface area contributed by atoms with E-state index in [4.69, 9.17) is 4.42 Å². The van der Waals surface area contributed by atoms with Crippen molar-refractivity contribution < 1.29 is 14.3 Å². The van der Waals surface area contributed by atoms with Gasteiger partial charge in [0, 0.05) is 12.3 Å². The quantitative estimate of drug-likeness (QED) is 0.528. The molecule has 0 aliphatic carbocycles. The minimum Gasteiger partial charge on any atom is -0.502 e. The summed E-state index contributed by atoms with van der Waals surface area (Å²) in [6.07, 6.45) is 3.09. The van der Waals surface area contributed by atoms with E-state index in [0.29, 0.717) is 5.76 Å². The molecule has 1 N–H and O–H groups in total. The lowest BCUT2D eigenvalue weighted by Crippen LogP contribution is -2.55. The maximum Gasteiger partial charge on any atom is 0.278 e. The fourth-order valence-electron chi connectivity index (χ4n) is 4.11. The Morgan fingerprint density at radius 1 is 0.875 bits per heavy atom. The first-order valence-electron chi connectivity index (χ1n) is 10.3. The van der Waals surface area contributed by atoms with Crippen LogP contribution in [0.2, 0.25) is 0 Å². The van der Waals surface area contributed by atoms with Crippen LogP contribution in [0.15, 0.2) is 101 Å². The summed E-state index contributed by atoms with van der Waals surface area (Å²) in [6.45, 7) is 0.435. The van der Waals surface area contributed by atoms with Gasteiger partial charge in [0.05, 0.1) is 18.8 Å². The van der Waals surface area contributed by atoms with Crippen LogP contribution in [-0.2, 0) is 6.54 Å². The molecule has 0 spiro atoms. The van der Waals surface area contributed by atoms with Gasteiger partial charge in [-0.15, -0.1) is 0 Å². The van der Waals surface area contributed by atoms with Crippen LogP contribution in [-0.4, -0.2) is 27.3 Å². The minimum atomic E-state index is -0.597. The van der Waals surface area contributed by atoms with E-state index in [1.54, 1.807) is 34.2 Å². The molecule has 1 aliphatic heterocycles. The Hall–Kier alpha value is -4.26. The molecule has 0 fully saturated rings. The number of carbonyl (C=O) groups is 1. The predicted molar refractivity (Wildman–Crippen MR) is 119 cm³/mol. The molecule has 1 amide bonds. The third-order valence-corrected chi connectivity index (χ3v) is 5.59. The van der Waals surface area contributed by atoms with E-state index in [2.05, 4.69) is 0 Å². The van der Waals surface area contributed by atoms with Crippen LogP contribution in [0.5, 0.6) is 5.75 Å². The van der Waals surface area contributed by atoms with Crippen molar-refractivity contribution in [2.75, 3.05) is 11.7 Å². The van der Waals surface area contributed by atoms with Crippen LogP contribution >= 0.6 is 0 Å². The zero-order valence-electron chi connectivity index (χ0n) is 17.2. The summed E-state index contributed by atoms with van der Waals surface area (Å²) in [4.78, 5) is 27.1. The van der Waals surface area contributed by atoms with E-state index >= 15 is 0 Å². The summed E-state index contributed by atoms with van der Waals surface area (Å²) in [5.41, 5.74) is 1.36. The molecule has 0 radical (unpaired) electrons. The molecule has 4 aromatic rings. The summed E-state index contributed by atoms with van der Waals surface area (Å²) >= 11 is 0. The first kappa shape index (κ1) is 19.7. The second-order valence-corrected chi connectivity index (χ2v) is 7.61. The molecular weight excluding hydrogens is 406 g/mol. The molecule has 3 heterocycles. The molecule has 0 unspecified atom stereocenters. The van der Waals surface area contributed by atoms with Crippen molar-refractivity contribution in [3.05, 3.63) is 124 Å². The predicted octanol–water partition coefficient (Wildman–Crippen LogP) is 3.49. The van der Waals surface area contributed by atoms with Crippen molar-refractivity contribution in [2.24, 2.45) is 0 Å². The van der Waals surface area contributed by atoms with Crippen LogP contribution < -0.4 is 10.4 Å². The highest BCUT2D eigenvalue weighted by atomic mass is 16.3. The zero-order chi connectivity index (χ0) is 22.1. The molecule has 7 heteroatoms. The maximum atomic E-state index is 13.3. The fraction of sp³-hybridized carbons (Fsp3) is 0.120. The summed E-state index contributed by atoms with van der Waals surface area (Å²) in [5, 5.41) is 12.5. The minimum absolute atomic E-state index is 0.0628. The standard InChI is InChI=1S/C25H21N3O4/c29-21-13-14-27-23(24(21)30)25(31)26(16-20-12-7-15-32-20)17-28(27)22(18-8-3-1-4-9-18)19-10-5-2-6-11-19/h1-15,22,30H,16-17H2. The normalized spacial score (nSPS) is 13.5. The van der Waals surface area contributed by atoms with Crippen molar-refractivity contribution in [3.8, 4) is 5.75 Å². The van der Waals surface area contributed by atoms with E-state index in [1.807, 2.05) is 65.7 Å². The van der Waals surface area contributed by atoms with Crippen LogP contribution in [0.4, 0.5) is 0 Å². The van der Waals surface area contributed by atoms with E-state index in [1.165, 1.54) is 6.07 Å². The van der Waals surface area contributed by atoms with Gasteiger partial charge in [-0.05, 0) is 23.3 Å². The molecule has 1 aliphatic rings. The van der Waals surface area contributed by atoms with Gasteiger partial charge in [0.15, 0.2) is 11.4 Å². The maximum absolute atomic E-state index is 13.3. The molecular formula is C25H21N3O4. The number of furan rings is 1. The Morgan fingerprint density at radius 3 is 2.12 bits per heavy atom. The van der Waals surface area contributed by atoms with E-state index in [9.17, 15) is 14.7 Å². The van der Waals surface area contributed by atoms with Crippen LogP contribution in [0.25, 0.3) is 0 Å². The van der Waals surface area contributed by atoms with Gasteiger partial charge in [-0.3, -0.25) is 19.3 Å². The summed E-state index contributed by atoms with van der Waals surface area (Å²) in [6, 6.07) is 24.4. The first-order valence-corrected chi connectivity index (χ1v) is 10.3. The van der Waals surface area contributed by atoms with Gasteiger partial charge in [0.1, 0.15) is 12.4 Å². The van der Waals surface area contributed by atoms with Crippen molar-refractivity contribution in [2.45, 2.75) is 12.6 Å². The van der Waals surface area contributed by atoms with Crippen molar-refractivity contribution in [1.29, 1.82) is 0 Å². The molecule has 2 aromatic heterocycles.